The third-order valence-electron chi connectivity index (χ3n) is 1.88. The molecule has 110 valence electrons. The molecule has 1 atom stereocenters. The molecular weight excluding hydrogens is 293 g/mol. The Morgan fingerprint density at radius 3 is 2.11 bits per heavy atom. The van der Waals surface area contributed by atoms with Crippen LogP contribution < -0.4 is 4.57 Å². The molecule has 0 saturated heterocycles. The van der Waals surface area contributed by atoms with E-state index in [0.29, 0.717) is 0 Å². The van der Waals surface area contributed by atoms with Gasteiger partial charge in [-0.15, -0.1) is 0 Å². The first-order chi connectivity index (χ1) is 8.36. The maximum Gasteiger partial charge on any atom is 0.485 e. The van der Waals surface area contributed by atoms with Crippen molar-refractivity contribution in [1.82, 2.24) is 4.57 Å². The molecule has 7 nitrogen and oxygen atoms in total. The van der Waals surface area contributed by atoms with Crippen molar-refractivity contribution in [3.05, 3.63) is 18.7 Å². The highest BCUT2D eigenvalue weighted by atomic mass is 32.2. The van der Waals surface area contributed by atoms with Gasteiger partial charge in [-0.05, 0) is 6.92 Å². The molecule has 0 spiro atoms. The van der Waals surface area contributed by atoms with Gasteiger partial charge in [0.25, 0.3) is 0 Å². The second-order valence-electron chi connectivity index (χ2n) is 3.44. The first-order valence-electron chi connectivity index (χ1n) is 4.64. The van der Waals surface area contributed by atoms with E-state index >= 15 is 0 Å². The van der Waals surface area contributed by atoms with E-state index in [2.05, 4.69) is 0 Å². The fourth-order valence-electron chi connectivity index (χ4n) is 0.826. The van der Waals surface area contributed by atoms with Crippen LogP contribution in [0.5, 0.6) is 0 Å². The number of halogens is 3. The van der Waals surface area contributed by atoms with Crippen molar-refractivity contribution in [1.29, 1.82) is 0 Å². The third-order valence-corrected chi connectivity index (χ3v) is 2.44. The van der Waals surface area contributed by atoms with Gasteiger partial charge >= 0.3 is 11.5 Å². The summed E-state index contributed by atoms with van der Waals surface area (Å²) >= 11 is 0. The number of carboxylic acids is 1. The van der Waals surface area contributed by atoms with Crippen molar-refractivity contribution in [2.45, 2.75) is 18.5 Å². The SMILES string of the molecule is CC(C(=O)O)n1cc[n+](C)c1.O=S(=O)([O-])C(F)(F)F. The highest BCUT2D eigenvalue weighted by molar-refractivity contribution is 7.86. The van der Waals surface area contributed by atoms with Crippen LogP contribution in [0, 0.1) is 0 Å². The van der Waals surface area contributed by atoms with Gasteiger partial charge in [0, 0.05) is 0 Å². The average molecular weight is 304 g/mol. The number of hydrogen-bond acceptors (Lipinski definition) is 4. The number of hydrogen-bond donors (Lipinski definition) is 1. The average Bonchev–Trinajstić information content (AvgIpc) is 2.61. The Bertz CT molecular complexity index is 537. The van der Waals surface area contributed by atoms with E-state index in [4.69, 9.17) is 18.1 Å². The van der Waals surface area contributed by atoms with E-state index in [-0.39, 0.29) is 0 Å². The van der Waals surface area contributed by atoms with E-state index in [9.17, 15) is 18.0 Å². The lowest BCUT2D eigenvalue weighted by molar-refractivity contribution is -0.671. The zero-order chi connectivity index (χ0) is 15.4. The van der Waals surface area contributed by atoms with Gasteiger partial charge in [0.2, 0.25) is 6.33 Å². The maximum atomic E-state index is 10.7. The van der Waals surface area contributed by atoms with E-state index in [1.54, 1.807) is 34.8 Å². The molecule has 11 heteroatoms. The molecule has 0 bridgehead atoms. The normalized spacial score (nSPS) is 13.4. The fourth-order valence-corrected chi connectivity index (χ4v) is 0.826. The standard InChI is InChI=1S/C7H10N2O2.CHF3O3S/c1-6(7(10)11)9-4-3-8(2)5-9;2-1(3,4)8(5,6)7/h3-6H,1-2H3;(H,5,6,7). The molecule has 0 aromatic carbocycles. The van der Waals surface area contributed by atoms with E-state index in [0.717, 1.165) is 0 Å². The summed E-state index contributed by atoms with van der Waals surface area (Å²) in [5.41, 5.74) is -5.65. The van der Waals surface area contributed by atoms with Crippen molar-refractivity contribution < 1.29 is 40.6 Å². The number of nitrogens with zero attached hydrogens (tertiary/aromatic N) is 2. The van der Waals surface area contributed by atoms with Crippen LogP contribution in [0.1, 0.15) is 13.0 Å². The van der Waals surface area contributed by atoms with Gasteiger partial charge in [-0.1, -0.05) is 0 Å². The molecule has 0 fully saturated rings. The minimum atomic E-state index is -6.09. The molecule has 1 aromatic heterocycles. The van der Waals surface area contributed by atoms with Crippen molar-refractivity contribution in [2.75, 3.05) is 0 Å². The summed E-state index contributed by atoms with van der Waals surface area (Å²) in [4.78, 5) is 10.5. The molecule has 1 unspecified atom stereocenters. The van der Waals surface area contributed by atoms with Crippen LogP contribution in [0.25, 0.3) is 0 Å². The largest absolute Gasteiger partial charge is 0.741 e. The van der Waals surface area contributed by atoms with Gasteiger partial charge in [-0.3, -0.25) is 0 Å². The summed E-state index contributed by atoms with van der Waals surface area (Å²) in [7, 11) is -4.24. The van der Waals surface area contributed by atoms with Crippen molar-refractivity contribution >= 4 is 16.1 Å². The quantitative estimate of drug-likeness (QED) is 0.471. The number of alkyl halides is 3. The number of aryl methyl sites for hydroxylation is 1. The van der Waals surface area contributed by atoms with Crippen LogP contribution in [0.3, 0.4) is 0 Å². The predicted octanol–water partition coefficient (Wildman–Crippen LogP) is 0.00960. The third kappa shape index (κ3) is 5.70. The summed E-state index contributed by atoms with van der Waals surface area (Å²) in [5.74, 6) is -0.818. The van der Waals surface area contributed by atoms with Crippen molar-refractivity contribution in [2.24, 2.45) is 7.05 Å². The first kappa shape index (κ1) is 17.4. The molecule has 0 aliphatic heterocycles. The first-order valence-corrected chi connectivity index (χ1v) is 6.04. The monoisotopic (exact) mass is 304 g/mol. The Morgan fingerprint density at radius 1 is 1.47 bits per heavy atom. The smallest absolute Gasteiger partial charge is 0.485 e. The Balaban J connectivity index is 0.000000362. The minimum absolute atomic E-state index is 0.490. The number of aromatic nitrogens is 2. The van der Waals surface area contributed by atoms with E-state index in [1.807, 2.05) is 7.05 Å². The van der Waals surface area contributed by atoms with Crippen LogP contribution in [0.2, 0.25) is 0 Å². The molecule has 0 saturated carbocycles. The minimum Gasteiger partial charge on any atom is -0.741 e. The Morgan fingerprint density at radius 2 is 1.89 bits per heavy atom. The predicted molar refractivity (Wildman–Crippen MR) is 53.7 cm³/mol. The molecule has 1 aromatic rings. The Labute approximate surface area is 106 Å². The highest BCUT2D eigenvalue weighted by Crippen LogP contribution is 2.20. The fraction of sp³-hybridized carbons (Fsp3) is 0.500. The van der Waals surface area contributed by atoms with Crippen LogP contribution in [-0.4, -0.2) is 34.1 Å². The summed E-state index contributed by atoms with van der Waals surface area (Å²) in [6.45, 7) is 1.64. The number of carboxylic acid groups (broad SMARTS) is 1. The van der Waals surface area contributed by atoms with Gasteiger partial charge in [0.05, 0.1) is 7.05 Å². The number of aliphatic carboxylic acids is 1. The topological polar surface area (TPSA) is 103 Å². The zero-order valence-corrected chi connectivity index (χ0v) is 10.6. The molecule has 19 heavy (non-hydrogen) atoms. The van der Waals surface area contributed by atoms with Crippen LogP contribution in [0.4, 0.5) is 13.2 Å². The number of imidazole rings is 1. The molecule has 1 N–H and O–H groups in total. The second-order valence-corrected chi connectivity index (χ2v) is 4.81. The van der Waals surface area contributed by atoms with Gasteiger partial charge in [-0.25, -0.2) is 22.3 Å². The summed E-state index contributed by atoms with van der Waals surface area (Å²) in [6, 6.07) is -0.490. The lowest BCUT2D eigenvalue weighted by Gasteiger charge is -2.08. The maximum absolute atomic E-state index is 10.7. The summed E-state index contributed by atoms with van der Waals surface area (Å²) in [5, 5.41) is 8.61. The molecular formula is C8H11F3N2O5S. The number of rotatable bonds is 2. The van der Waals surface area contributed by atoms with Gasteiger partial charge in [0.1, 0.15) is 12.4 Å². The summed E-state index contributed by atoms with van der Waals surface area (Å²) in [6.07, 6.45) is 5.27. The van der Waals surface area contributed by atoms with Crippen LogP contribution in [-0.2, 0) is 22.0 Å². The van der Waals surface area contributed by atoms with Gasteiger partial charge < -0.3 is 9.66 Å². The molecule has 0 radical (unpaired) electrons. The molecule has 0 aliphatic carbocycles. The van der Waals surface area contributed by atoms with E-state index in [1.165, 1.54) is 0 Å². The molecule has 1 rings (SSSR count). The molecule has 0 aliphatic rings. The number of carbonyl (C=O) groups is 1. The highest BCUT2D eigenvalue weighted by Gasteiger charge is 2.36. The lowest BCUT2D eigenvalue weighted by atomic mass is 10.3. The lowest BCUT2D eigenvalue weighted by Crippen LogP contribution is -2.25. The molecule has 0 amide bonds. The summed E-state index contributed by atoms with van der Waals surface area (Å²) < 4.78 is 62.3. The van der Waals surface area contributed by atoms with Crippen molar-refractivity contribution in [3.63, 3.8) is 0 Å². The van der Waals surface area contributed by atoms with Gasteiger partial charge in [-0.2, -0.15) is 13.2 Å². The Kier molecular flexibility index (Phi) is 5.50. The van der Waals surface area contributed by atoms with E-state index < -0.39 is 27.6 Å². The molecule has 1 heterocycles. The van der Waals surface area contributed by atoms with Crippen LogP contribution in [0.15, 0.2) is 18.7 Å². The van der Waals surface area contributed by atoms with Gasteiger partial charge in [0.15, 0.2) is 16.2 Å². The second kappa shape index (κ2) is 6.02. The Hall–Kier alpha value is -1.62. The van der Waals surface area contributed by atoms with Crippen LogP contribution >= 0.6 is 0 Å². The van der Waals surface area contributed by atoms with Crippen molar-refractivity contribution in [3.8, 4) is 0 Å². The zero-order valence-electron chi connectivity index (χ0n) is 9.83.